The summed E-state index contributed by atoms with van der Waals surface area (Å²) in [5.41, 5.74) is 3.60. The van der Waals surface area contributed by atoms with E-state index in [2.05, 4.69) is 25.1 Å². The third kappa shape index (κ3) is 3.44. The molecule has 98 valence electrons. The molecule has 0 bridgehead atoms. The molecule has 0 fully saturated rings. The first-order valence-electron chi connectivity index (χ1n) is 7.46. The lowest BCUT2D eigenvalue weighted by atomic mass is 10.0. The fourth-order valence-corrected chi connectivity index (χ4v) is 2.75. The van der Waals surface area contributed by atoms with E-state index in [1.165, 1.54) is 49.7 Å². The predicted molar refractivity (Wildman–Crippen MR) is 76.2 cm³/mol. The van der Waals surface area contributed by atoms with Crippen LogP contribution in [0, 0.1) is 0 Å². The van der Waals surface area contributed by atoms with Gasteiger partial charge in [-0.3, -0.25) is 4.79 Å². The van der Waals surface area contributed by atoms with Gasteiger partial charge in [-0.15, -0.1) is 0 Å². The number of hydrogen-bond donors (Lipinski definition) is 0. The second-order valence-corrected chi connectivity index (χ2v) is 5.43. The summed E-state index contributed by atoms with van der Waals surface area (Å²) in [7, 11) is 0. The van der Waals surface area contributed by atoms with Gasteiger partial charge in [0.2, 0.25) is 0 Å². The minimum Gasteiger partial charge on any atom is -0.294 e. The average molecular weight is 244 g/mol. The predicted octanol–water partition coefficient (Wildman–Crippen LogP) is 4.72. The molecule has 1 aromatic rings. The SMILES string of the molecule is CCCCCCCCc1ccc2c(c1)C(=O)CC2. The molecule has 0 aromatic heterocycles. The first-order chi connectivity index (χ1) is 8.81. The van der Waals surface area contributed by atoms with E-state index in [0.717, 1.165) is 24.8 Å². The maximum absolute atomic E-state index is 11.7. The van der Waals surface area contributed by atoms with Crippen molar-refractivity contribution in [2.24, 2.45) is 0 Å². The Balaban J connectivity index is 1.77. The molecule has 0 saturated carbocycles. The Morgan fingerprint density at radius 3 is 2.61 bits per heavy atom. The highest BCUT2D eigenvalue weighted by molar-refractivity contribution is 6.00. The molecule has 0 heterocycles. The van der Waals surface area contributed by atoms with E-state index in [1.807, 2.05) is 0 Å². The number of ketones is 1. The Hall–Kier alpha value is -1.11. The van der Waals surface area contributed by atoms with Crippen LogP contribution in [0.4, 0.5) is 0 Å². The number of benzene rings is 1. The fourth-order valence-electron chi connectivity index (χ4n) is 2.75. The second-order valence-electron chi connectivity index (χ2n) is 5.43. The van der Waals surface area contributed by atoms with Crippen molar-refractivity contribution < 1.29 is 4.79 Å². The molecule has 0 N–H and O–H groups in total. The summed E-state index contributed by atoms with van der Waals surface area (Å²) in [5, 5.41) is 0. The summed E-state index contributed by atoms with van der Waals surface area (Å²) in [6.07, 6.45) is 10.8. The summed E-state index contributed by atoms with van der Waals surface area (Å²) in [6.45, 7) is 2.25. The summed E-state index contributed by atoms with van der Waals surface area (Å²) in [4.78, 5) is 11.7. The highest BCUT2D eigenvalue weighted by Gasteiger charge is 2.18. The number of rotatable bonds is 7. The van der Waals surface area contributed by atoms with Gasteiger partial charge in [-0.1, -0.05) is 51.2 Å². The smallest absolute Gasteiger partial charge is 0.163 e. The van der Waals surface area contributed by atoms with E-state index in [1.54, 1.807) is 0 Å². The molecule has 1 aliphatic carbocycles. The minimum atomic E-state index is 0.342. The average Bonchev–Trinajstić information content (AvgIpc) is 2.75. The van der Waals surface area contributed by atoms with Crippen molar-refractivity contribution in [2.45, 2.75) is 64.7 Å². The Labute approximate surface area is 111 Å². The molecule has 1 aliphatic rings. The van der Waals surface area contributed by atoms with Crippen LogP contribution in [-0.2, 0) is 12.8 Å². The van der Waals surface area contributed by atoms with Crippen LogP contribution in [0.3, 0.4) is 0 Å². The van der Waals surface area contributed by atoms with Crippen molar-refractivity contribution in [1.29, 1.82) is 0 Å². The topological polar surface area (TPSA) is 17.1 Å². The van der Waals surface area contributed by atoms with Crippen molar-refractivity contribution >= 4 is 5.78 Å². The highest BCUT2D eigenvalue weighted by Crippen LogP contribution is 2.23. The monoisotopic (exact) mass is 244 g/mol. The zero-order chi connectivity index (χ0) is 12.8. The normalized spacial score (nSPS) is 13.9. The maximum Gasteiger partial charge on any atom is 0.163 e. The van der Waals surface area contributed by atoms with E-state index in [0.29, 0.717) is 5.78 Å². The van der Waals surface area contributed by atoms with Gasteiger partial charge in [0.15, 0.2) is 5.78 Å². The van der Waals surface area contributed by atoms with Gasteiger partial charge in [-0.05, 0) is 36.5 Å². The lowest BCUT2D eigenvalue weighted by Crippen LogP contribution is -1.94. The van der Waals surface area contributed by atoms with Gasteiger partial charge >= 0.3 is 0 Å². The second kappa shape index (κ2) is 6.72. The van der Waals surface area contributed by atoms with Gasteiger partial charge in [0.05, 0.1) is 0 Å². The van der Waals surface area contributed by atoms with Gasteiger partial charge in [0.1, 0.15) is 0 Å². The van der Waals surface area contributed by atoms with Gasteiger partial charge in [-0.2, -0.15) is 0 Å². The van der Waals surface area contributed by atoms with Crippen LogP contribution < -0.4 is 0 Å². The molecular weight excluding hydrogens is 220 g/mol. The van der Waals surface area contributed by atoms with Gasteiger partial charge in [0.25, 0.3) is 0 Å². The first-order valence-corrected chi connectivity index (χ1v) is 7.46. The minimum absolute atomic E-state index is 0.342. The Morgan fingerprint density at radius 1 is 1.00 bits per heavy atom. The number of carbonyl (C=O) groups is 1. The van der Waals surface area contributed by atoms with Crippen LogP contribution in [0.2, 0.25) is 0 Å². The van der Waals surface area contributed by atoms with Crippen molar-refractivity contribution in [2.75, 3.05) is 0 Å². The van der Waals surface area contributed by atoms with Gasteiger partial charge in [0, 0.05) is 12.0 Å². The van der Waals surface area contributed by atoms with E-state index in [4.69, 9.17) is 0 Å². The molecule has 0 amide bonds. The number of hydrogen-bond acceptors (Lipinski definition) is 1. The molecule has 0 spiro atoms. The van der Waals surface area contributed by atoms with E-state index in [9.17, 15) is 4.79 Å². The zero-order valence-corrected chi connectivity index (χ0v) is 11.5. The number of carbonyl (C=O) groups excluding carboxylic acids is 1. The molecule has 0 unspecified atom stereocenters. The quantitative estimate of drug-likeness (QED) is 0.634. The summed E-state index contributed by atoms with van der Waals surface area (Å²) in [6, 6.07) is 6.51. The van der Waals surface area contributed by atoms with Gasteiger partial charge < -0.3 is 0 Å². The lowest BCUT2D eigenvalue weighted by Gasteiger charge is -2.04. The lowest BCUT2D eigenvalue weighted by molar-refractivity contribution is 0.0994. The largest absolute Gasteiger partial charge is 0.294 e. The molecule has 1 nitrogen and oxygen atoms in total. The van der Waals surface area contributed by atoms with Crippen molar-refractivity contribution in [3.63, 3.8) is 0 Å². The van der Waals surface area contributed by atoms with Crippen LogP contribution in [0.25, 0.3) is 0 Å². The third-order valence-electron chi connectivity index (χ3n) is 3.92. The third-order valence-corrected chi connectivity index (χ3v) is 3.92. The number of Topliss-reactive ketones (excluding diaryl/α,β-unsaturated/α-hetero) is 1. The van der Waals surface area contributed by atoms with Crippen LogP contribution in [0.5, 0.6) is 0 Å². The van der Waals surface area contributed by atoms with Crippen LogP contribution in [0.15, 0.2) is 18.2 Å². The number of unbranched alkanes of at least 4 members (excludes halogenated alkanes) is 5. The molecule has 1 heteroatoms. The maximum atomic E-state index is 11.7. The number of fused-ring (bicyclic) bond motifs is 1. The van der Waals surface area contributed by atoms with Crippen LogP contribution in [-0.4, -0.2) is 5.78 Å². The van der Waals surface area contributed by atoms with Crippen LogP contribution >= 0.6 is 0 Å². The standard InChI is InChI=1S/C17H24O/c1-2-3-4-5-6-7-8-14-9-10-15-11-12-17(18)16(15)13-14/h9-10,13H,2-8,11-12H2,1H3. The summed E-state index contributed by atoms with van der Waals surface area (Å²) < 4.78 is 0. The fraction of sp³-hybridized carbons (Fsp3) is 0.588. The van der Waals surface area contributed by atoms with E-state index < -0.39 is 0 Å². The molecule has 2 rings (SSSR count). The Kier molecular flexibility index (Phi) is 4.98. The summed E-state index contributed by atoms with van der Waals surface area (Å²) in [5.74, 6) is 0.342. The van der Waals surface area contributed by atoms with E-state index in [-0.39, 0.29) is 0 Å². The molecule has 1 aromatic carbocycles. The molecule has 0 saturated heterocycles. The van der Waals surface area contributed by atoms with Crippen molar-refractivity contribution in [3.05, 3.63) is 34.9 Å². The molecule has 0 atom stereocenters. The summed E-state index contributed by atoms with van der Waals surface area (Å²) >= 11 is 0. The van der Waals surface area contributed by atoms with Gasteiger partial charge in [-0.25, -0.2) is 0 Å². The highest BCUT2D eigenvalue weighted by atomic mass is 16.1. The first kappa shape index (κ1) is 13.3. The Morgan fingerprint density at radius 2 is 1.78 bits per heavy atom. The molecular formula is C17H24O. The van der Waals surface area contributed by atoms with E-state index >= 15 is 0 Å². The van der Waals surface area contributed by atoms with Crippen molar-refractivity contribution in [1.82, 2.24) is 0 Å². The molecule has 18 heavy (non-hydrogen) atoms. The van der Waals surface area contributed by atoms with Crippen LogP contribution in [0.1, 0.15) is 73.4 Å². The molecule has 0 radical (unpaired) electrons. The number of aryl methyl sites for hydroxylation is 2. The zero-order valence-electron chi connectivity index (χ0n) is 11.5. The molecule has 0 aliphatic heterocycles. The Bertz CT molecular complexity index is 406. The van der Waals surface area contributed by atoms with Crippen molar-refractivity contribution in [3.8, 4) is 0 Å².